The van der Waals surface area contributed by atoms with E-state index in [4.69, 9.17) is 9.47 Å². The van der Waals surface area contributed by atoms with Crippen LogP contribution in [0.2, 0.25) is 0 Å². The molecule has 0 aliphatic carbocycles. The van der Waals surface area contributed by atoms with E-state index in [0.29, 0.717) is 38.5 Å². The Kier molecular flexibility index (Phi) is 7.88. The molecule has 0 radical (unpaired) electrons. The minimum absolute atomic E-state index is 0.127. The normalized spacial score (nSPS) is 20.4. The quantitative estimate of drug-likeness (QED) is 0.353. The number of rotatable bonds is 8. The number of hydrogen-bond acceptors (Lipinski definition) is 6. The lowest BCUT2D eigenvalue weighted by molar-refractivity contribution is -0.140. The van der Waals surface area contributed by atoms with Gasteiger partial charge in [-0.2, -0.15) is 0 Å². The number of aliphatic hydroxyl groups is 1. The fraction of sp³-hybridized carbons (Fsp3) is 0.429. The highest BCUT2D eigenvalue weighted by atomic mass is 16.5. The molecule has 2 saturated heterocycles. The average molecular weight is 479 g/mol. The number of Topliss-reactive ketones (excluding diaryl/α,β-unsaturated/α-hetero) is 1. The van der Waals surface area contributed by atoms with E-state index in [2.05, 4.69) is 4.90 Å². The summed E-state index contributed by atoms with van der Waals surface area (Å²) in [7, 11) is 0. The molecule has 1 unspecified atom stereocenters. The summed E-state index contributed by atoms with van der Waals surface area (Å²) in [5.74, 6) is -0.651. The third kappa shape index (κ3) is 5.41. The number of ether oxygens (including phenoxy) is 2. The Labute approximate surface area is 206 Å². The van der Waals surface area contributed by atoms with Gasteiger partial charge in [0, 0.05) is 31.7 Å². The summed E-state index contributed by atoms with van der Waals surface area (Å²) in [6.07, 6.45) is 0.894. The maximum absolute atomic E-state index is 13.3. The summed E-state index contributed by atoms with van der Waals surface area (Å²) >= 11 is 0. The standard InChI is InChI=1S/C28H34N2O5/c1-4-15-35-23-10-9-22(18-20(23)3)26(31)24-25(21-7-5-19(2)6-8-21)30(28(33)27(24)32)12-11-29-13-16-34-17-14-29/h5-10,18,25,31H,4,11-17H2,1-3H3/b26-24+. The van der Waals surface area contributed by atoms with Gasteiger partial charge in [0.1, 0.15) is 11.5 Å². The molecule has 0 bridgehead atoms. The van der Waals surface area contributed by atoms with Crippen LogP contribution in [0.15, 0.2) is 48.0 Å². The minimum Gasteiger partial charge on any atom is -0.507 e. The van der Waals surface area contributed by atoms with Crippen LogP contribution in [0.25, 0.3) is 5.76 Å². The summed E-state index contributed by atoms with van der Waals surface area (Å²) in [5, 5.41) is 11.3. The number of hydrogen-bond donors (Lipinski definition) is 1. The monoisotopic (exact) mass is 478 g/mol. The van der Waals surface area contributed by atoms with Crippen molar-refractivity contribution in [1.29, 1.82) is 0 Å². The van der Waals surface area contributed by atoms with E-state index in [1.54, 1.807) is 23.1 Å². The fourth-order valence-electron chi connectivity index (χ4n) is 4.61. The topological polar surface area (TPSA) is 79.3 Å². The number of likely N-dealkylation sites (tertiary alicyclic amines) is 1. The van der Waals surface area contributed by atoms with Crippen molar-refractivity contribution in [3.63, 3.8) is 0 Å². The van der Waals surface area contributed by atoms with Crippen molar-refractivity contribution in [3.8, 4) is 5.75 Å². The van der Waals surface area contributed by atoms with Crippen LogP contribution < -0.4 is 4.74 Å². The van der Waals surface area contributed by atoms with E-state index in [1.165, 1.54) is 0 Å². The molecule has 2 aliphatic heterocycles. The molecule has 0 saturated carbocycles. The lowest BCUT2D eigenvalue weighted by Crippen LogP contribution is -2.42. The van der Waals surface area contributed by atoms with Crippen LogP contribution in [-0.2, 0) is 14.3 Å². The minimum atomic E-state index is -0.654. The van der Waals surface area contributed by atoms with Gasteiger partial charge in [-0.25, -0.2) is 0 Å². The Balaban J connectivity index is 1.71. The average Bonchev–Trinajstić information content (AvgIpc) is 3.12. The van der Waals surface area contributed by atoms with Crippen LogP contribution in [0.1, 0.15) is 41.6 Å². The second-order valence-electron chi connectivity index (χ2n) is 9.19. The van der Waals surface area contributed by atoms with Gasteiger partial charge in [0.25, 0.3) is 11.7 Å². The van der Waals surface area contributed by atoms with Gasteiger partial charge < -0.3 is 19.5 Å². The molecule has 7 heteroatoms. The number of ketones is 1. The van der Waals surface area contributed by atoms with Gasteiger partial charge in [-0.15, -0.1) is 0 Å². The van der Waals surface area contributed by atoms with Crippen molar-refractivity contribution in [2.75, 3.05) is 46.0 Å². The van der Waals surface area contributed by atoms with Crippen LogP contribution in [0.5, 0.6) is 5.75 Å². The van der Waals surface area contributed by atoms with E-state index in [9.17, 15) is 14.7 Å². The van der Waals surface area contributed by atoms with Crippen molar-refractivity contribution >= 4 is 17.4 Å². The summed E-state index contributed by atoms with van der Waals surface area (Å²) in [6.45, 7) is 10.5. The van der Waals surface area contributed by atoms with Crippen LogP contribution in [0.4, 0.5) is 0 Å². The van der Waals surface area contributed by atoms with Crippen LogP contribution in [0, 0.1) is 13.8 Å². The number of aryl methyl sites for hydroxylation is 2. The first-order valence-corrected chi connectivity index (χ1v) is 12.3. The molecule has 2 heterocycles. The maximum Gasteiger partial charge on any atom is 0.295 e. The molecule has 35 heavy (non-hydrogen) atoms. The van der Waals surface area contributed by atoms with Gasteiger partial charge in [-0.3, -0.25) is 14.5 Å². The van der Waals surface area contributed by atoms with Crippen molar-refractivity contribution in [2.24, 2.45) is 0 Å². The summed E-state index contributed by atoms with van der Waals surface area (Å²) < 4.78 is 11.2. The number of aliphatic hydroxyl groups excluding tert-OH is 1. The molecule has 1 N–H and O–H groups in total. The van der Waals surface area contributed by atoms with Gasteiger partial charge in [-0.05, 0) is 49.6 Å². The van der Waals surface area contributed by atoms with Crippen LogP contribution >= 0.6 is 0 Å². The second kappa shape index (κ2) is 11.1. The third-order valence-corrected chi connectivity index (χ3v) is 6.60. The number of carbonyl (C=O) groups is 2. The molecule has 4 rings (SSSR count). The molecule has 0 spiro atoms. The first-order chi connectivity index (χ1) is 16.9. The van der Waals surface area contributed by atoms with E-state index in [-0.39, 0.29) is 11.3 Å². The number of amides is 1. The summed E-state index contributed by atoms with van der Waals surface area (Å²) in [5.41, 5.74) is 3.36. The first-order valence-electron chi connectivity index (χ1n) is 12.3. The predicted octanol–water partition coefficient (Wildman–Crippen LogP) is 3.85. The van der Waals surface area contributed by atoms with Gasteiger partial charge in [0.2, 0.25) is 0 Å². The Morgan fingerprint density at radius 2 is 1.77 bits per heavy atom. The highest BCUT2D eigenvalue weighted by Crippen LogP contribution is 2.39. The van der Waals surface area contributed by atoms with Crippen molar-refractivity contribution < 1.29 is 24.2 Å². The molecule has 2 aliphatic rings. The van der Waals surface area contributed by atoms with E-state index < -0.39 is 17.7 Å². The van der Waals surface area contributed by atoms with Crippen molar-refractivity contribution in [3.05, 3.63) is 70.3 Å². The van der Waals surface area contributed by atoms with Gasteiger partial charge in [0.05, 0.1) is 31.4 Å². The van der Waals surface area contributed by atoms with E-state index in [1.807, 2.05) is 45.0 Å². The van der Waals surface area contributed by atoms with Gasteiger partial charge >= 0.3 is 0 Å². The molecule has 2 fully saturated rings. The molecular weight excluding hydrogens is 444 g/mol. The molecule has 186 valence electrons. The zero-order valence-corrected chi connectivity index (χ0v) is 20.8. The zero-order valence-electron chi connectivity index (χ0n) is 20.8. The number of morpholine rings is 1. The summed E-state index contributed by atoms with van der Waals surface area (Å²) in [6, 6.07) is 12.5. The van der Waals surface area contributed by atoms with Crippen molar-refractivity contribution in [1.82, 2.24) is 9.80 Å². The highest BCUT2D eigenvalue weighted by molar-refractivity contribution is 6.46. The van der Waals surface area contributed by atoms with Gasteiger partial charge in [0.15, 0.2) is 0 Å². The first kappa shape index (κ1) is 24.9. The van der Waals surface area contributed by atoms with Crippen LogP contribution in [-0.4, -0.2) is 72.6 Å². The number of nitrogens with zero attached hydrogens (tertiary/aromatic N) is 2. The number of carbonyl (C=O) groups excluding carboxylic acids is 2. The lowest BCUT2D eigenvalue weighted by Gasteiger charge is -2.31. The zero-order chi connectivity index (χ0) is 24.9. The Bertz CT molecular complexity index is 1100. The molecule has 0 aromatic heterocycles. The molecule has 2 aromatic rings. The maximum atomic E-state index is 13.3. The molecule has 2 aromatic carbocycles. The molecule has 1 atom stereocenters. The van der Waals surface area contributed by atoms with E-state index in [0.717, 1.165) is 42.0 Å². The molecular formula is C28H34N2O5. The third-order valence-electron chi connectivity index (χ3n) is 6.60. The van der Waals surface area contributed by atoms with Crippen molar-refractivity contribution in [2.45, 2.75) is 33.2 Å². The Hall–Kier alpha value is -3.16. The predicted molar refractivity (Wildman–Crippen MR) is 134 cm³/mol. The highest BCUT2D eigenvalue weighted by Gasteiger charge is 2.46. The lowest BCUT2D eigenvalue weighted by atomic mass is 9.94. The number of benzene rings is 2. The molecule has 7 nitrogen and oxygen atoms in total. The summed E-state index contributed by atoms with van der Waals surface area (Å²) in [4.78, 5) is 30.3. The van der Waals surface area contributed by atoms with Gasteiger partial charge in [-0.1, -0.05) is 36.8 Å². The second-order valence-corrected chi connectivity index (χ2v) is 9.19. The SMILES string of the molecule is CCCOc1ccc(/C(O)=C2\C(=O)C(=O)N(CCN3CCOCC3)C2c2ccc(C)cc2)cc1C. The Morgan fingerprint density at radius 3 is 2.43 bits per heavy atom. The smallest absolute Gasteiger partial charge is 0.295 e. The van der Waals surface area contributed by atoms with Crippen LogP contribution in [0.3, 0.4) is 0 Å². The fourth-order valence-corrected chi connectivity index (χ4v) is 4.61. The largest absolute Gasteiger partial charge is 0.507 e. The molecule has 1 amide bonds. The van der Waals surface area contributed by atoms with E-state index >= 15 is 0 Å². The Morgan fingerprint density at radius 1 is 1.06 bits per heavy atom.